The molecule has 0 aliphatic carbocycles. The molecule has 0 bridgehead atoms. The van der Waals surface area contributed by atoms with Crippen molar-refractivity contribution in [2.75, 3.05) is 7.11 Å². The van der Waals surface area contributed by atoms with E-state index in [0.29, 0.717) is 17.9 Å². The molecule has 0 saturated carbocycles. The minimum absolute atomic E-state index is 0.00153. The summed E-state index contributed by atoms with van der Waals surface area (Å²) in [5.41, 5.74) is 0.993. The number of carbonyl (C=O) groups excluding carboxylic acids is 2. The van der Waals surface area contributed by atoms with Crippen LogP contribution in [0.3, 0.4) is 0 Å². The highest BCUT2D eigenvalue weighted by Gasteiger charge is 2.41. The van der Waals surface area contributed by atoms with Gasteiger partial charge in [0.1, 0.15) is 6.04 Å². The Kier molecular flexibility index (Phi) is 13.5. The molecule has 0 aromatic heterocycles. The lowest BCUT2D eigenvalue weighted by atomic mass is 9.85. The number of amides is 1. The van der Waals surface area contributed by atoms with Gasteiger partial charge in [-0.2, -0.15) is 0 Å². The number of halogens is 2. The number of carbonyl (C=O) groups is 2. The number of esters is 1. The first kappa shape index (κ1) is 28.7. The smallest absolute Gasteiger partial charge is 0.328 e. The summed E-state index contributed by atoms with van der Waals surface area (Å²) >= 11 is 11.5. The summed E-state index contributed by atoms with van der Waals surface area (Å²) in [6.45, 7) is 9.63. The van der Waals surface area contributed by atoms with Crippen LogP contribution in [0.1, 0.15) is 58.1 Å². The molecule has 2 aromatic carbocycles. The molecular weight excluding hydrogens is 457 g/mol. The number of hydrogen-bond donors (Lipinski definition) is 0. The van der Waals surface area contributed by atoms with E-state index in [0.717, 1.165) is 23.4 Å². The lowest BCUT2D eigenvalue weighted by Crippen LogP contribution is -2.52. The van der Waals surface area contributed by atoms with Crippen molar-refractivity contribution < 1.29 is 14.3 Å². The number of piperidine rings is 1. The van der Waals surface area contributed by atoms with E-state index >= 15 is 0 Å². The fraction of sp³-hybridized carbons (Fsp3) is 0.407. The Morgan fingerprint density at radius 2 is 1.67 bits per heavy atom. The van der Waals surface area contributed by atoms with Gasteiger partial charge in [0, 0.05) is 16.0 Å². The second-order valence-corrected chi connectivity index (χ2v) is 8.23. The van der Waals surface area contributed by atoms with Gasteiger partial charge in [-0.25, -0.2) is 4.79 Å². The molecule has 1 amide bonds. The van der Waals surface area contributed by atoms with Crippen LogP contribution in [-0.4, -0.2) is 29.9 Å². The molecule has 3 rings (SSSR count). The fourth-order valence-electron chi connectivity index (χ4n) is 3.82. The highest BCUT2D eigenvalue weighted by Crippen LogP contribution is 2.38. The molecule has 0 radical (unpaired) electrons. The van der Waals surface area contributed by atoms with Gasteiger partial charge in [-0.05, 0) is 55.5 Å². The van der Waals surface area contributed by atoms with Gasteiger partial charge in [-0.3, -0.25) is 4.79 Å². The average Bonchev–Trinajstić information content (AvgIpc) is 2.84. The van der Waals surface area contributed by atoms with Gasteiger partial charge in [0.15, 0.2) is 0 Å². The molecule has 1 heterocycles. The normalized spacial score (nSPS) is 18.1. The monoisotopic (exact) mass is 491 g/mol. The van der Waals surface area contributed by atoms with Crippen LogP contribution in [0.15, 0.2) is 67.3 Å². The minimum Gasteiger partial charge on any atom is -0.467 e. The predicted molar refractivity (Wildman–Crippen MR) is 137 cm³/mol. The zero-order chi connectivity index (χ0) is 24.8. The van der Waals surface area contributed by atoms with Crippen molar-refractivity contribution in [1.82, 2.24) is 4.90 Å². The summed E-state index contributed by atoms with van der Waals surface area (Å²) in [7, 11) is 1.36. The van der Waals surface area contributed by atoms with Crippen LogP contribution in [0.2, 0.25) is 10.0 Å². The number of nitrogens with zero attached hydrogens (tertiary/aromatic N) is 1. The Morgan fingerprint density at radius 3 is 2.12 bits per heavy atom. The van der Waals surface area contributed by atoms with Crippen molar-refractivity contribution in [3.8, 4) is 0 Å². The van der Waals surface area contributed by atoms with E-state index < -0.39 is 6.04 Å². The quantitative estimate of drug-likeness (QED) is 0.310. The summed E-state index contributed by atoms with van der Waals surface area (Å²) in [6, 6.07) is 16.2. The van der Waals surface area contributed by atoms with Crippen molar-refractivity contribution in [1.29, 1.82) is 0 Å². The molecule has 2 aromatic rings. The number of benzene rings is 2. The molecule has 1 aliphatic heterocycles. The first-order chi connectivity index (χ1) is 15.9. The Hall–Kier alpha value is -2.30. The van der Waals surface area contributed by atoms with E-state index in [1.54, 1.807) is 11.0 Å². The SMILES string of the molecule is C=CC[C@H]1CCC(c2ccc(Cl)cc2)N(C(CC)C(=O)OC)C1=O.CC.Clc1ccccc1. The first-order valence-electron chi connectivity index (χ1n) is 11.4. The maximum atomic E-state index is 13.0. The maximum absolute atomic E-state index is 13.0. The van der Waals surface area contributed by atoms with Crippen LogP contribution in [-0.2, 0) is 14.3 Å². The van der Waals surface area contributed by atoms with Crippen molar-refractivity contribution >= 4 is 35.1 Å². The zero-order valence-corrected chi connectivity index (χ0v) is 21.5. The number of allylic oxidation sites excluding steroid dienone is 1. The van der Waals surface area contributed by atoms with Crippen molar-refractivity contribution in [2.45, 2.75) is 58.5 Å². The first-order valence-corrected chi connectivity index (χ1v) is 12.1. The number of likely N-dealkylation sites (tertiary alicyclic amines) is 1. The van der Waals surface area contributed by atoms with Crippen LogP contribution < -0.4 is 0 Å². The van der Waals surface area contributed by atoms with E-state index in [-0.39, 0.29) is 23.8 Å². The lowest BCUT2D eigenvalue weighted by Gasteiger charge is -2.42. The molecule has 33 heavy (non-hydrogen) atoms. The molecule has 0 spiro atoms. The molecule has 1 saturated heterocycles. The van der Waals surface area contributed by atoms with E-state index in [9.17, 15) is 9.59 Å². The van der Waals surface area contributed by atoms with Gasteiger partial charge in [0.2, 0.25) is 5.91 Å². The Morgan fingerprint density at radius 1 is 1.09 bits per heavy atom. The van der Waals surface area contributed by atoms with E-state index in [1.807, 2.05) is 75.4 Å². The van der Waals surface area contributed by atoms with Crippen LogP contribution in [0.4, 0.5) is 0 Å². The molecule has 4 nitrogen and oxygen atoms in total. The van der Waals surface area contributed by atoms with Crippen molar-refractivity contribution in [3.05, 3.63) is 82.9 Å². The van der Waals surface area contributed by atoms with Gasteiger partial charge < -0.3 is 9.64 Å². The summed E-state index contributed by atoms with van der Waals surface area (Å²) < 4.78 is 4.93. The fourth-order valence-corrected chi connectivity index (χ4v) is 4.09. The molecule has 180 valence electrons. The molecule has 1 fully saturated rings. The van der Waals surface area contributed by atoms with Crippen LogP contribution in [0.5, 0.6) is 0 Å². The maximum Gasteiger partial charge on any atom is 0.328 e. The standard InChI is InChI=1S/C19H24ClNO3.C6H5Cl.C2H6/c1-4-6-14-9-12-17(13-7-10-15(20)11-8-13)21(18(14)22)16(5-2)19(23)24-3;7-6-4-2-1-3-5-6;1-2/h4,7-8,10-11,14,16-17H,1,5-6,9,12H2,2-3H3;1-5H;1-2H3/t14-,16?,17?;;/m0../s1. The molecule has 0 N–H and O–H groups in total. The van der Waals surface area contributed by atoms with Crippen LogP contribution in [0, 0.1) is 5.92 Å². The third-order valence-electron chi connectivity index (χ3n) is 5.36. The highest BCUT2D eigenvalue weighted by atomic mass is 35.5. The second kappa shape index (κ2) is 15.5. The van der Waals surface area contributed by atoms with Gasteiger partial charge >= 0.3 is 5.97 Å². The second-order valence-electron chi connectivity index (χ2n) is 7.35. The predicted octanol–water partition coefficient (Wildman–Crippen LogP) is 7.51. The van der Waals surface area contributed by atoms with Gasteiger partial charge in [0.05, 0.1) is 13.2 Å². The van der Waals surface area contributed by atoms with E-state index in [2.05, 4.69) is 6.58 Å². The average molecular weight is 492 g/mol. The van der Waals surface area contributed by atoms with Crippen LogP contribution in [0.25, 0.3) is 0 Å². The van der Waals surface area contributed by atoms with Gasteiger partial charge in [-0.15, -0.1) is 6.58 Å². The van der Waals surface area contributed by atoms with Gasteiger partial charge in [-0.1, -0.05) is 80.4 Å². The topological polar surface area (TPSA) is 46.6 Å². The van der Waals surface area contributed by atoms with Gasteiger partial charge in [0.25, 0.3) is 0 Å². The summed E-state index contributed by atoms with van der Waals surface area (Å²) in [5, 5.41) is 1.44. The number of rotatable bonds is 6. The molecule has 3 atom stereocenters. The summed E-state index contributed by atoms with van der Waals surface area (Å²) in [6.07, 6.45) is 4.50. The lowest BCUT2D eigenvalue weighted by molar-refractivity contribution is -0.160. The molecule has 6 heteroatoms. The summed E-state index contributed by atoms with van der Waals surface area (Å²) in [5.74, 6) is -0.493. The zero-order valence-electron chi connectivity index (χ0n) is 20.0. The van der Waals surface area contributed by atoms with E-state index in [1.165, 1.54) is 7.11 Å². The van der Waals surface area contributed by atoms with Crippen molar-refractivity contribution in [2.24, 2.45) is 5.92 Å². The molecule has 2 unspecified atom stereocenters. The Labute approximate surface area is 208 Å². The molecule has 1 aliphatic rings. The Balaban J connectivity index is 0.000000508. The summed E-state index contributed by atoms with van der Waals surface area (Å²) in [4.78, 5) is 27.0. The third-order valence-corrected chi connectivity index (χ3v) is 5.87. The van der Waals surface area contributed by atoms with E-state index in [4.69, 9.17) is 27.9 Å². The third kappa shape index (κ3) is 8.53. The van der Waals surface area contributed by atoms with Crippen molar-refractivity contribution in [3.63, 3.8) is 0 Å². The Bertz CT molecular complexity index is 855. The number of methoxy groups -OCH3 is 1. The highest BCUT2D eigenvalue weighted by molar-refractivity contribution is 6.30. The number of ether oxygens (including phenoxy) is 1. The molecular formula is C27H35Cl2NO3. The van der Waals surface area contributed by atoms with Crippen LogP contribution >= 0.6 is 23.2 Å². The minimum atomic E-state index is -0.573. The number of hydrogen-bond acceptors (Lipinski definition) is 3. The largest absolute Gasteiger partial charge is 0.467 e.